The van der Waals surface area contributed by atoms with Gasteiger partial charge in [0.15, 0.2) is 11.5 Å². The van der Waals surface area contributed by atoms with Crippen LogP contribution in [0.15, 0.2) is 12.1 Å². The van der Waals surface area contributed by atoms with Gasteiger partial charge in [-0.3, -0.25) is 9.69 Å². The second kappa shape index (κ2) is 7.00. The Balaban J connectivity index is 2.16. The molecule has 1 aromatic rings. The lowest BCUT2D eigenvalue weighted by Gasteiger charge is -2.21. The molecular formula is C15H20ClNO4. The maximum absolute atomic E-state index is 11.0. The molecule has 0 radical (unpaired) electrons. The largest absolute Gasteiger partial charge is 0.493 e. The van der Waals surface area contributed by atoms with Crippen molar-refractivity contribution in [3.63, 3.8) is 0 Å². The zero-order valence-corrected chi connectivity index (χ0v) is 13.0. The molecule has 6 heteroatoms. The molecule has 0 aliphatic heterocycles. The number of aliphatic carboxylic acids is 1. The average molecular weight is 314 g/mol. The summed E-state index contributed by atoms with van der Waals surface area (Å²) in [5.74, 6) is 0.840. The molecular weight excluding hydrogens is 294 g/mol. The van der Waals surface area contributed by atoms with E-state index in [9.17, 15) is 4.79 Å². The van der Waals surface area contributed by atoms with Gasteiger partial charge in [-0.2, -0.15) is 0 Å². The van der Waals surface area contributed by atoms with Crippen molar-refractivity contribution in [3.8, 4) is 11.5 Å². The van der Waals surface area contributed by atoms with Crippen LogP contribution in [-0.2, 0) is 11.3 Å². The number of carboxylic acid groups (broad SMARTS) is 1. The van der Waals surface area contributed by atoms with Crippen LogP contribution >= 0.6 is 11.6 Å². The highest BCUT2D eigenvalue weighted by Gasteiger charge is 2.26. The van der Waals surface area contributed by atoms with Crippen molar-refractivity contribution < 1.29 is 19.4 Å². The molecule has 0 unspecified atom stereocenters. The van der Waals surface area contributed by atoms with E-state index in [1.54, 1.807) is 13.2 Å². The average Bonchev–Trinajstić information content (AvgIpc) is 3.23. The van der Waals surface area contributed by atoms with E-state index in [4.69, 9.17) is 26.2 Å². The minimum atomic E-state index is -0.827. The minimum absolute atomic E-state index is 0.0151. The molecule has 0 saturated heterocycles. The first-order valence-corrected chi connectivity index (χ1v) is 7.26. The first kappa shape index (κ1) is 15.9. The van der Waals surface area contributed by atoms with Gasteiger partial charge in [0.25, 0.3) is 0 Å². The van der Waals surface area contributed by atoms with E-state index in [0.29, 0.717) is 29.0 Å². The Morgan fingerprint density at radius 3 is 2.62 bits per heavy atom. The molecule has 116 valence electrons. The van der Waals surface area contributed by atoms with E-state index in [-0.39, 0.29) is 6.54 Å². The van der Waals surface area contributed by atoms with Crippen LogP contribution in [0, 0.1) is 5.92 Å². The molecule has 2 rings (SSSR count). The smallest absolute Gasteiger partial charge is 0.317 e. The van der Waals surface area contributed by atoms with Crippen LogP contribution in [0.4, 0.5) is 0 Å². The summed E-state index contributed by atoms with van der Waals surface area (Å²) in [6.45, 7) is 1.29. The predicted octanol–water partition coefficient (Wildman–Crippen LogP) is 2.65. The third kappa shape index (κ3) is 4.25. The van der Waals surface area contributed by atoms with Crippen molar-refractivity contribution in [1.82, 2.24) is 4.90 Å². The summed E-state index contributed by atoms with van der Waals surface area (Å²) in [5.41, 5.74) is 0.844. The Morgan fingerprint density at radius 1 is 1.38 bits per heavy atom. The lowest BCUT2D eigenvalue weighted by molar-refractivity contribution is -0.138. The van der Waals surface area contributed by atoms with Gasteiger partial charge in [0, 0.05) is 13.1 Å². The number of benzene rings is 1. The van der Waals surface area contributed by atoms with Crippen molar-refractivity contribution >= 4 is 17.6 Å². The summed E-state index contributed by atoms with van der Waals surface area (Å²) >= 11 is 6.35. The first-order chi connectivity index (χ1) is 10.0. The highest BCUT2D eigenvalue weighted by molar-refractivity contribution is 6.33. The number of halogens is 1. The Kier molecular flexibility index (Phi) is 5.31. The van der Waals surface area contributed by atoms with Crippen LogP contribution in [0.5, 0.6) is 11.5 Å². The molecule has 1 aromatic carbocycles. The lowest BCUT2D eigenvalue weighted by Crippen LogP contribution is -2.31. The second-order valence-electron chi connectivity index (χ2n) is 5.28. The van der Waals surface area contributed by atoms with Gasteiger partial charge in [0.2, 0.25) is 0 Å². The molecule has 1 aliphatic carbocycles. The fourth-order valence-corrected chi connectivity index (χ4v) is 2.63. The van der Waals surface area contributed by atoms with E-state index in [0.717, 1.165) is 12.1 Å². The van der Waals surface area contributed by atoms with Crippen molar-refractivity contribution in [2.45, 2.75) is 19.4 Å². The molecule has 0 heterocycles. The van der Waals surface area contributed by atoms with Crippen molar-refractivity contribution in [3.05, 3.63) is 22.7 Å². The molecule has 0 aromatic heterocycles. The van der Waals surface area contributed by atoms with Crippen LogP contribution in [0.1, 0.15) is 18.4 Å². The third-order valence-corrected chi connectivity index (χ3v) is 3.95. The summed E-state index contributed by atoms with van der Waals surface area (Å²) in [6.07, 6.45) is 2.35. The monoisotopic (exact) mass is 313 g/mol. The zero-order chi connectivity index (χ0) is 15.4. The van der Waals surface area contributed by atoms with E-state index in [1.165, 1.54) is 20.0 Å². The second-order valence-corrected chi connectivity index (χ2v) is 5.66. The third-order valence-electron chi connectivity index (χ3n) is 3.53. The first-order valence-electron chi connectivity index (χ1n) is 6.88. The summed E-state index contributed by atoms with van der Waals surface area (Å²) in [4.78, 5) is 12.9. The van der Waals surface area contributed by atoms with Gasteiger partial charge in [0.05, 0.1) is 25.8 Å². The fourth-order valence-electron chi connectivity index (χ4n) is 2.33. The topological polar surface area (TPSA) is 59.0 Å². The van der Waals surface area contributed by atoms with E-state index < -0.39 is 5.97 Å². The standard InChI is InChI=1S/C15H20ClNO4/c1-20-12-6-5-11(14(16)15(12)21-2)8-17(9-13(18)19)7-10-3-4-10/h5-6,10H,3-4,7-9H2,1-2H3,(H,18,19). The number of carboxylic acids is 1. The quantitative estimate of drug-likeness (QED) is 0.799. The minimum Gasteiger partial charge on any atom is -0.493 e. The molecule has 1 N–H and O–H groups in total. The molecule has 1 fully saturated rings. The maximum Gasteiger partial charge on any atom is 0.317 e. The lowest BCUT2D eigenvalue weighted by atomic mass is 10.1. The normalized spacial score (nSPS) is 14.3. The number of carbonyl (C=O) groups is 1. The molecule has 0 amide bonds. The molecule has 0 bridgehead atoms. The van der Waals surface area contributed by atoms with Gasteiger partial charge in [-0.1, -0.05) is 17.7 Å². The number of rotatable bonds is 8. The molecule has 1 aliphatic rings. The molecule has 1 saturated carbocycles. The number of ether oxygens (including phenoxy) is 2. The van der Waals surface area contributed by atoms with Crippen molar-refractivity contribution in [2.24, 2.45) is 5.92 Å². The fraction of sp³-hybridized carbons (Fsp3) is 0.533. The van der Waals surface area contributed by atoms with Crippen LogP contribution in [0.25, 0.3) is 0 Å². The van der Waals surface area contributed by atoms with Gasteiger partial charge in [0.1, 0.15) is 0 Å². The molecule has 5 nitrogen and oxygen atoms in total. The van der Waals surface area contributed by atoms with Crippen molar-refractivity contribution in [2.75, 3.05) is 27.3 Å². The summed E-state index contributed by atoms with van der Waals surface area (Å²) in [6, 6.07) is 3.64. The molecule has 21 heavy (non-hydrogen) atoms. The van der Waals surface area contributed by atoms with Crippen molar-refractivity contribution in [1.29, 1.82) is 0 Å². The van der Waals surface area contributed by atoms with Gasteiger partial charge in [-0.25, -0.2) is 0 Å². The Morgan fingerprint density at radius 2 is 2.10 bits per heavy atom. The number of hydrogen-bond acceptors (Lipinski definition) is 4. The van der Waals surface area contributed by atoms with E-state index >= 15 is 0 Å². The molecule has 0 atom stereocenters. The van der Waals surface area contributed by atoms with E-state index in [1.807, 2.05) is 11.0 Å². The van der Waals surface area contributed by atoms with Crippen LogP contribution in [0.2, 0.25) is 5.02 Å². The van der Waals surface area contributed by atoms with Crippen LogP contribution in [-0.4, -0.2) is 43.3 Å². The van der Waals surface area contributed by atoms with Gasteiger partial charge in [-0.15, -0.1) is 0 Å². The van der Waals surface area contributed by atoms with E-state index in [2.05, 4.69) is 0 Å². The number of nitrogens with zero attached hydrogens (tertiary/aromatic N) is 1. The SMILES string of the molecule is COc1ccc(CN(CC(=O)O)CC2CC2)c(Cl)c1OC. The van der Waals surface area contributed by atoms with Crippen LogP contribution in [0.3, 0.4) is 0 Å². The van der Waals surface area contributed by atoms with Gasteiger partial charge >= 0.3 is 5.97 Å². The van der Waals surface area contributed by atoms with Crippen LogP contribution < -0.4 is 9.47 Å². The highest BCUT2D eigenvalue weighted by atomic mass is 35.5. The Hall–Kier alpha value is -1.46. The Labute approximate surface area is 129 Å². The summed E-state index contributed by atoms with van der Waals surface area (Å²) in [7, 11) is 3.09. The number of methoxy groups -OCH3 is 2. The molecule has 0 spiro atoms. The van der Waals surface area contributed by atoms with Gasteiger partial charge in [-0.05, 0) is 30.4 Å². The number of hydrogen-bond donors (Lipinski definition) is 1. The Bertz CT molecular complexity index is 517. The van der Waals surface area contributed by atoms with Gasteiger partial charge < -0.3 is 14.6 Å². The highest BCUT2D eigenvalue weighted by Crippen LogP contribution is 2.38. The summed E-state index contributed by atoms with van der Waals surface area (Å²) in [5, 5.41) is 9.50. The predicted molar refractivity (Wildman–Crippen MR) is 80.2 cm³/mol. The maximum atomic E-state index is 11.0. The zero-order valence-electron chi connectivity index (χ0n) is 12.3. The summed E-state index contributed by atoms with van der Waals surface area (Å²) < 4.78 is 10.5.